The molecule has 0 saturated heterocycles. The molecule has 4 fully saturated rings. The molecular weight excluding hydrogens is 132 g/mol. The summed E-state index contributed by atoms with van der Waals surface area (Å²) in [4.78, 5) is 0. The summed E-state index contributed by atoms with van der Waals surface area (Å²) < 4.78 is 0. The van der Waals surface area contributed by atoms with Gasteiger partial charge in [-0.25, -0.2) is 0 Å². The Morgan fingerprint density at radius 1 is 0.909 bits per heavy atom. The highest BCUT2D eigenvalue weighted by molar-refractivity contribution is 5.25. The Labute approximate surface area is 68.4 Å². The third kappa shape index (κ3) is 0.331. The van der Waals surface area contributed by atoms with E-state index in [1.165, 1.54) is 29.6 Å². The van der Waals surface area contributed by atoms with E-state index in [9.17, 15) is 0 Å². The third-order valence-electron chi connectivity index (χ3n) is 5.89. The smallest absolute Gasteiger partial charge is 0.0230 e. The molecule has 0 heterocycles. The quantitative estimate of drug-likeness (QED) is 0.495. The molecule has 0 radical (unpaired) electrons. The number of rotatable bonds is 0. The summed E-state index contributed by atoms with van der Waals surface area (Å²) in [6.07, 6.45) is 6.35. The number of hydrogen-bond donors (Lipinski definition) is 0. The van der Waals surface area contributed by atoms with E-state index in [4.69, 9.17) is 0 Å². The standard InChI is InChI=1S/C11H16/c1-11-8-4-2-6(8)10(11)7-3-5-9(7)11/h6-10H,2-5H2,1H3. The lowest BCUT2D eigenvalue weighted by molar-refractivity contribution is -0.352. The second-order valence-corrected chi connectivity index (χ2v) is 5.59. The lowest BCUT2D eigenvalue weighted by Gasteiger charge is -2.83. The van der Waals surface area contributed by atoms with Gasteiger partial charge in [-0.3, -0.25) is 0 Å². The highest BCUT2D eigenvalue weighted by atomic mass is 14.8. The van der Waals surface area contributed by atoms with Gasteiger partial charge >= 0.3 is 0 Å². The molecule has 11 heavy (non-hydrogen) atoms. The van der Waals surface area contributed by atoms with Crippen LogP contribution < -0.4 is 0 Å². The molecule has 4 unspecified atom stereocenters. The van der Waals surface area contributed by atoms with E-state index < -0.39 is 0 Å². The summed E-state index contributed by atoms with van der Waals surface area (Å²) in [6, 6.07) is 0. The summed E-state index contributed by atoms with van der Waals surface area (Å²) in [5.41, 5.74) is 0.895. The number of fused-ring (bicyclic) bond motifs is 7. The molecule has 0 aromatic rings. The molecule has 0 spiro atoms. The first-order valence-corrected chi connectivity index (χ1v) is 5.33. The van der Waals surface area contributed by atoms with Gasteiger partial charge in [0.1, 0.15) is 0 Å². The molecule has 0 amide bonds. The predicted molar refractivity (Wildman–Crippen MR) is 44.0 cm³/mol. The second-order valence-electron chi connectivity index (χ2n) is 5.59. The Hall–Kier alpha value is 0. The van der Waals surface area contributed by atoms with E-state index in [0.717, 1.165) is 5.41 Å². The first-order valence-electron chi connectivity index (χ1n) is 5.33. The zero-order chi connectivity index (χ0) is 7.22. The van der Waals surface area contributed by atoms with Crippen molar-refractivity contribution >= 4 is 0 Å². The first kappa shape index (κ1) is 5.61. The van der Waals surface area contributed by atoms with Crippen molar-refractivity contribution in [1.29, 1.82) is 0 Å². The largest absolute Gasteiger partial charge is 0.0588 e. The van der Waals surface area contributed by atoms with Gasteiger partial charge in [0.25, 0.3) is 0 Å². The van der Waals surface area contributed by atoms with Crippen LogP contribution in [0.15, 0.2) is 0 Å². The van der Waals surface area contributed by atoms with E-state index in [1.807, 2.05) is 0 Å². The van der Waals surface area contributed by atoms with Gasteiger partial charge in [0.2, 0.25) is 0 Å². The lowest BCUT2D eigenvalue weighted by Crippen LogP contribution is -2.77. The van der Waals surface area contributed by atoms with Gasteiger partial charge in [-0.2, -0.15) is 0 Å². The fraction of sp³-hybridized carbons (Fsp3) is 1.00. The fourth-order valence-corrected chi connectivity index (χ4v) is 5.23. The van der Waals surface area contributed by atoms with Crippen LogP contribution in [0.1, 0.15) is 32.6 Å². The van der Waals surface area contributed by atoms with Crippen LogP contribution in [-0.2, 0) is 0 Å². The van der Waals surface area contributed by atoms with Gasteiger partial charge in [-0.1, -0.05) is 6.92 Å². The van der Waals surface area contributed by atoms with Gasteiger partial charge in [0.05, 0.1) is 0 Å². The molecule has 60 valence electrons. The van der Waals surface area contributed by atoms with Crippen molar-refractivity contribution < 1.29 is 0 Å². The van der Waals surface area contributed by atoms with Crippen LogP contribution in [0.3, 0.4) is 0 Å². The third-order valence-corrected chi connectivity index (χ3v) is 5.89. The van der Waals surface area contributed by atoms with Crippen molar-refractivity contribution in [3.8, 4) is 0 Å². The Balaban J connectivity index is 1.75. The van der Waals surface area contributed by atoms with Crippen molar-refractivity contribution in [1.82, 2.24) is 0 Å². The number of hydrogen-bond acceptors (Lipinski definition) is 0. The van der Waals surface area contributed by atoms with Crippen molar-refractivity contribution in [2.45, 2.75) is 32.6 Å². The van der Waals surface area contributed by atoms with Crippen LogP contribution in [0.4, 0.5) is 0 Å². The molecule has 0 N–H and O–H groups in total. The van der Waals surface area contributed by atoms with E-state index >= 15 is 0 Å². The van der Waals surface area contributed by atoms with Crippen molar-refractivity contribution in [3.63, 3.8) is 0 Å². The molecule has 4 aliphatic carbocycles. The molecule has 0 bridgehead atoms. The monoisotopic (exact) mass is 148 g/mol. The van der Waals surface area contributed by atoms with E-state index in [-0.39, 0.29) is 0 Å². The van der Waals surface area contributed by atoms with Crippen molar-refractivity contribution in [2.75, 3.05) is 0 Å². The molecule has 4 atom stereocenters. The molecule has 0 heteroatoms. The van der Waals surface area contributed by atoms with Gasteiger partial charge in [0.15, 0.2) is 0 Å². The van der Waals surface area contributed by atoms with Gasteiger partial charge < -0.3 is 0 Å². The van der Waals surface area contributed by atoms with Crippen molar-refractivity contribution in [3.05, 3.63) is 0 Å². The normalized spacial score (nSPS) is 75.5. The summed E-state index contributed by atoms with van der Waals surface area (Å²) >= 11 is 0. The highest BCUT2D eigenvalue weighted by Gasteiger charge is 2.77. The minimum Gasteiger partial charge on any atom is -0.0588 e. The molecule has 0 aliphatic heterocycles. The average Bonchev–Trinajstić information content (AvgIpc) is 1.81. The fourth-order valence-electron chi connectivity index (χ4n) is 5.23. The zero-order valence-corrected chi connectivity index (χ0v) is 7.22. The maximum absolute atomic E-state index is 2.60. The molecule has 0 nitrogen and oxygen atoms in total. The Morgan fingerprint density at radius 2 is 1.45 bits per heavy atom. The summed E-state index contributed by atoms with van der Waals surface area (Å²) in [7, 11) is 0. The summed E-state index contributed by atoms with van der Waals surface area (Å²) in [5, 5.41) is 0. The van der Waals surface area contributed by atoms with Gasteiger partial charge in [-0.15, -0.1) is 0 Å². The summed E-state index contributed by atoms with van der Waals surface area (Å²) in [5.74, 6) is 6.08. The van der Waals surface area contributed by atoms with E-state index in [0.29, 0.717) is 0 Å². The first-order chi connectivity index (χ1) is 5.33. The predicted octanol–water partition coefficient (Wildman–Crippen LogP) is 2.69. The van der Waals surface area contributed by atoms with Crippen LogP contribution in [0.5, 0.6) is 0 Å². The van der Waals surface area contributed by atoms with Crippen LogP contribution in [0, 0.1) is 35.0 Å². The maximum Gasteiger partial charge on any atom is -0.0230 e. The SMILES string of the molecule is CC12C3CCC3C1C1CCC12. The molecule has 4 aliphatic rings. The van der Waals surface area contributed by atoms with Crippen LogP contribution in [0.25, 0.3) is 0 Å². The van der Waals surface area contributed by atoms with E-state index in [1.54, 1.807) is 25.7 Å². The zero-order valence-electron chi connectivity index (χ0n) is 7.22. The van der Waals surface area contributed by atoms with Gasteiger partial charge in [0, 0.05) is 0 Å². The topological polar surface area (TPSA) is 0 Å². The van der Waals surface area contributed by atoms with Crippen LogP contribution in [-0.4, -0.2) is 0 Å². The Morgan fingerprint density at radius 3 is 1.73 bits per heavy atom. The molecule has 4 rings (SSSR count). The molecular formula is C11H16. The minimum absolute atomic E-state index is 0.895. The molecule has 4 saturated carbocycles. The Kier molecular flexibility index (Phi) is 0.661. The average molecular weight is 148 g/mol. The minimum atomic E-state index is 0.895. The Bertz CT molecular complexity index is 210. The van der Waals surface area contributed by atoms with Crippen LogP contribution >= 0.6 is 0 Å². The molecule has 0 aromatic carbocycles. The summed E-state index contributed by atoms with van der Waals surface area (Å²) in [6.45, 7) is 2.60. The van der Waals surface area contributed by atoms with Crippen LogP contribution in [0.2, 0.25) is 0 Å². The second kappa shape index (κ2) is 1.30. The van der Waals surface area contributed by atoms with Gasteiger partial charge in [-0.05, 0) is 60.7 Å². The maximum atomic E-state index is 2.60. The lowest BCUT2D eigenvalue weighted by atomic mass is 9.21. The molecule has 0 aromatic heterocycles. The highest BCUT2D eigenvalue weighted by Crippen LogP contribution is 2.83. The van der Waals surface area contributed by atoms with E-state index in [2.05, 4.69) is 6.92 Å². The van der Waals surface area contributed by atoms with Crippen molar-refractivity contribution in [2.24, 2.45) is 35.0 Å².